The summed E-state index contributed by atoms with van der Waals surface area (Å²) in [5.41, 5.74) is -1.00. The van der Waals surface area contributed by atoms with Gasteiger partial charge in [-0.25, -0.2) is 4.79 Å². The Morgan fingerprint density at radius 1 is 1.48 bits per heavy atom. The van der Waals surface area contributed by atoms with Gasteiger partial charge in [-0.1, -0.05) is 20.3 Å². The van der Waals surface area contributed by atoms with Crippen LogP contribution in [0.3, 0.4) is 0 Å². The van der Waals surface area contributed by atoms with Crippen molar-refractivity contribution >= 4 is 17.6 Å². The van der Waals surface area contributed by atoms with Crippen molar-refractivity contribution in [3.05, 3.63) is 39.7 Å². The zero-order valence-corrected chi connectivity index (χ0v) is 11.5. The molecule has 7 nitrogen and oxygen atoms in total. The molecule has 0 spiro atoms. The van der Waals surface area contributed by atoms with E-state index in [0.717, 1.165) is 18.2 Å². The van der Waals surface area contributed by atoms with E-state index >= 15 is 0 Å². The van der Waals surface area contributed by atoms with Gasteiger partial charge in [0.2, 0.25) is 5.82 Å². The molecule has 0 bridgehead atoms. The largest absolute Gasteiger partial charge is 0.480 e. The summed E-state index contributed by atoms with van der Waals surface area (Å²) in [6, 6.07) is 1.52. The van der Waals surface area contributed by atoms with Crippen molar-refractivity contribution in [1.82, 2.24) is 5.32 Å². The lowest BCUT2D eigenvalue weighted by atomic mass is 9.99. The summed E-state index contributed by atoms with van der Waals surface area (Å²) in [4.78, 5) is 32.7. The topological polar surface area (TPSA) is 110 Å². The molecule has 0 unspecified atom stereocenters. The van der Waals surface area contributed by atoms with Gasteiger partial charge in [-0.15, -0.1) is 0 Å². The lowest BCUT2D eigenvalue weighted by Crippen LogP contribution is -2.45. The molecule has 0 radical (unpaired) electrons. The molecule has 114 valence electrons. The average Bonchev–Trinajstić information content (AvgIpc) is 2.43. The van der Waals surface area contributed by atoms with Gasteiger partial charge in [-0.2, -0.15) is 4.39 Å². The highest BCUT2D eigenvalue weighted by molar-refractivity contribution is 5.97. The van der Waals surface area contributed by atoms with Crippen LogP contribution >= 0.6 is 0 Å². The Hall–Kier alpha value is -2.51. The Balaban J connectivity index is 3.00. The fourth-order valence-electron chi connectivity index (χ4n) is 1.70. The lowest BCUT2D eigenvalue weighted by molar-refractivity contribution is -0.387. The van der Waals surface area contributed by atoms with Crippen LogP contribution in [0.5, 0.6) is 0 Å². The molecule has 1 aromatic rings. The number of nitrogens with one attached hydrogen (secondary N) is 1. The molecule has 0 aliphatic heterocycles. The van der Waals surface area contributed by atoms with Crippen molar-refractivity contribution in [2.24, 2.45) is 5.92 Å². The van der Waals surface area contributed by atoms with E-state index in [4.69, 9.17) is 5.11 Å². The number of carbonyl (C=O) groups is 2. The van der Waals surface area contributed by atoms with Crippen molar-refractivity contribution in [2.75, 3.05) is 0 Å². The van der Waals surface area contributed by atoms with Crippen molar-refractivity contribution in [2.45, 2.75) is 26.3 Å². The predicted molar refractivity (Wildman–Crippen MR) is 71.4 cm³/mol. The number of carboxylic acid groups (broad SMARTS) is 1. The number of amides is 1. The fraction of sp³-hybridized carbons (Fsp3) is 0.385. The maximum atomic E-state index is 13.2. The van der Waals surface area contributed by atoms with Gasteiger partial charge in [0, 0.05) is 11.6 Å². The smallest absolute Gasteiger partial charge is 0.326 e. The maximum absolute atomic E-state index is 13.2. The van der Waals surface area contributed by atoms with Gasteiger partial charge in [0.15, 0.2) is 0 Å². The quantitative estimate of drug-likeness (QED) is 0.616. The van der Waals surface area contributed by atoms with Gasteiger partial charge < -0.3 is 10.4 Å². The van der Waals surface area contributed by atoms with E-state index in [1.807, 2.05) is 0 Å². The van der Waals surface area contributed by atoms with Crippen LogP contribution in [0.1, 0.15) is 30.6 Å². The first-order valence-electron chi connectivity index (χ1n) is 6.25. The molecule has 0 heterocycles. The number of hydrogen-bond acceptors (Lipinski definition) is 4. The normalized spacial score (nSPS) is 13.3. The fourth-order valence-corrected chi connectivity index (χ4v) is 1.70. The van der Waals surface area contributed by atoms with Gasteiger partial charge in [0.05, 0.1) is 4.92 Å². The lowest BCUT2D eigenvalue weighted by Gasteiger charge is -2.20. The van der Waals surface area contributed by atoms with Gasteiger partial charge in [-0.3, -0.25) is 14.9 Å². The Morgan fingerprint density at radius 2 is 2.10 bits per heavy atom. The highest BCUT2D eigenvalue weighted by Crippen LogP contribution is 2.19. The Labute approximate surface area is 119 Å². The standard InChI is InChI=1S/C13H15FN2O5/c1-3-7(2)11(13(18)19)15-12(17)8-4-5-9(14)10(6-8)16(20)21/h4-7,11H,3H2,1-2H3,(H,15,17)(H,18,19)/t7-,11-/m0/s1. The average molecular weight is 298 g/mol. The van der Waals surface area contributed by atoms with Crippen LogP contribution in [0.25, 0.3) is 0 Å². The van der Waals surface area contributed by atoms with E-state index in [9.17, 15) is 24.1 Å². The SMILES string of the molecule is CC[C@H](C)[C@H](NC(=O)c1ccc(F)c([N+](=O)[O-])c1)C(=O)O. The van der Waals surface area contributed by atoms with Crippen molar-refractivity contribution in [3.63, 3.8) is 0 Å². The van der Waals surface area contributed by atoms with Crippen LogP contribution < -0.4 is 5.32 Å². The molecule has 2 atom stereocenters. The summed E-state index contributed by atoms with van der Waals surface area (Å²) in [6.45, 7) is 3.43. The number of rotatable bonds is 6. The third kappa shape index (κ3) is 3.98. The third-order valence-corrected chi connectivity index (χ3v) is 3.17. The van der Waals surface area contributed by atoms with E-state index < -0.39 is 34.3 Å². The highest BCUT2D eigenvalue weighted by Gasteiger charge is 2.26. The van der Waals surface area contributed by atoms with Crippen LogP contribution in [-0.2, 0) is 4.79 Å². The summed E-state index contributed by atoms with van der Waals surface area (Å²) in [7, 11) is 0. The summed E-state index contributed by atoms with van der Waals surface area (Å²) in [5, 5.41) is 22.0. The first-order valence-corrected chi connectivity index (χ1v) is 6.25. The van der Waals surface area contributed by atoms with Crippen molar-refractivity contribution in [3.8, 4) is 0 Å². The minimum atomic E-state index is -1.20. The number of aliphatic carboxylic acids is 1. The molecule has 0 aliphatic carbocycles. The van der Waals surface area contributed by atoms with Crippen molar-refractivity contribution < 1.29 is 24.0 Å². The molecule has 1 amide bonds. The van der Waals surface area contributed by atoms with Crippen LogP contribution in [-0.4, -0.2) is 27.9 Å². The number of nitro benzene ring substituents is 1. The predicted octanol–water partition coefficient (Wildman–Crippen LogP) is 1.96. The Bertz CT molecular complexity index is 576. The Morgan fingerprint density at radius 3 is 2.57 bits per heavy atom. The molecule has 0 saturated carbocycles. The van der Waals surface area contributed by atoms with Crippen LogP contribution in [0.15, 0.2) is 18.2 Å². The number of carbonyl (C=O) groups excluding carboxylic acids is 1. The second-order valence-electron chi connectivity index (χ2n) is 4.60. The summed E-state index contributed by atoms with van der Waals surface area (Å²) >= 11 is 0. The van der Waals surface area contributed by atoms with Gasteiger partial charge >= 0.3 is 11.7 Å². The van der Waals surface area contributed by atoms with Gasteiger partial charge in [0.1, 0.15) is 6.04 Å². The molecule has 0 aliphatic rings. The molecular weight excluding hydrogens is 283 g/mol. The molecule has 8 heteroatoms. The van der Waals surface area contributed by atoms with Crippen LogP contribution in [0.4, 0.5) is 10.1 Å². The number of nitrogens with zero attached hydrogens (tertiary/aromatic N) is 1. The molecule has 0 saturated heterocycles. The minimum Gasteiger partial charge on any atom is -0.480 e. The monoisotopic (exact) mass is 298 g/mol. The first-order chi connectivity index (χ1) is 9.77. The third-order valence-electron chi connectivity index (χ3n) is 3.17. The summed E-state index contributed by atoms with van der Waals surface area (Å²) < 4.78 is 13.2. The first kappa shape index (κ1) is 16.5. The minimum absolute atomic E-state index is 0.169. The summed E-state index contributed by atoms with van der Waals surface area (Å²) in [5.74, 6) is -3.38. The second kappa shape index (κ2) is 6.78. The number of benzene rings is 1. The van der Waals surface area contributed by atoms with E-state index in [1.54, 1.807) is 13.8 Å². The molecule has 2 N–H and O–H groups in total. The Kier molecular flexibility index (Phi) is 5.34. The number of carboxylic acids is 1. The molecule has 1 aromatic carbocycles. The number of nitro groups is 1. The second-order valence-corrected chi connectivity index (χ2v) is 4.60. The molecule has 0 fully saturated rings. The van der Waals surface area contributed by atoms with Gasteiger partial charge in [-0.05, 0) is 18.1 Å². The molecule has 1 rings (SSSR count). The number of halogens is 1. The molecule has 0 aromatic heterocycles. The van der Waals surface area contributed by atoms with Crippen molar-refractivity contribution in [1.29, 1.82) is 0 Å². The zero-order chi connectivity index (χ0) is 16.2. The van der Waals surface area contributed by atoms with Crippen LogP contribution in [0.2, 0.25) is 0 Å². The molecular formula is C13H15FN2O5. The molecule has 21 heavy (non-hydrogen) atoms. The van der Waals surface area contributed by atoms with E-state index in [2.05, 4.69) is 5.32 Å². The van der Waals surface area contributed by atoms with Crippen LogP contribution in [0, 0.1) is 21.8 Å². The number of hydrogen-bond donors (Lipinski definition) is 2. The maximum Gasteiger partial charge on any atom is 0.326 e. The highest BCUT2D eigenvalue weighted by atomic mass is 19.1. The zero-order valence-electron chi connectivity index (χ0n) is 11.5. The van der Waals surface area contributed by atoms with E-state index in [-0.39, 0.29) is 11.5 Å². The van der Waals surface area contributed by atoms with E-state index in [1.165, 1.54) is 0 Å². The summed E-state index contributed by atoms with van der Waals surface area (Å²) in [6.07, 6.45) is 0.529. The van der Waals surface area contributed by atoms with Gasteiger partial charge in [0.25, 0.3) is 5.91 Å². The van der Waals surface area contributed by atoms with E-state index in [0.29, 0.717) is 6.42 Å².